The lowest BCUT2D eigenvalue weighted by Crippen LogP contribution is -2.56. The summed E-state index contributed by atoms with van der Waals surface area (Å²) in [4.78, 5) is 42.3. The van der Waals surface area contributed by atoms with Crippen LogP contribution in [0.5, 0.6) is 0 Å². The lowest BCUT2D eigenvalue weighted by atomic mass is 9.70. The highest BCUT2D eigenvalue weighted by molar-refractivity contribution is 6.33. The average Bonchev–Trinajstić information content (AvgIpc) is 3.52. The molecule has 36 heavy (non-hydrogen) atoms. The van der Waals surface area contributed by atoms with Crippen molar-refractivity contribution in [3.05, 3.63) is 65.2 Å². The number of hydrogen-bond donors (Lipinski definition) is 2. The van der Waals surface area contributed by atoms with Crippen LogP contribution in [-0.4, -0.2) is 64.8 Å². The van der Waals surface area contributed by atoms with Gasteiger partial charge in [-0.25, -0.2) is 0 Å². The first-order chi connectivity index (χ1) is 17.4. The Bertz CT molecular complexity index is 1160. The Morgan fingerprint density at radius 2 is 1.94 bits per heavy atom. The minimum atomic E-state index is -1.19. The molecule has 0 radical (unpaired) electrons. The Kier molecular flexibility index (Phi) is 6.76. The van der Waals surface area contributed by atoms with E-state index in [1.165, 1.54) is 4.90 Å². The van der Waals surface area contributed by atoms with Gasteiger partial charge in [0.1, 0.15) is 11.6 Å². The van der Waals surface area contributed by atoms with Crippen molar-refractivity contribution in [1.82, 2.24) is 4.90 Å². The monoisotopic (exact) mass is 512 g/mol. The molecule has 8 nitrogen and oxygen atoms in total. The van der Waals surface area contributed by atoms with Crippen LogP contribution in [0, 0.1) is 11.8 Å². The molecule has 5 rings (SSSR count). The summed E-state index contributed by atoms with van der Waals surface area (Å²) >= 11 is 6.30. The highest BCUT2D eigenvalue weighted by Crippen LogP contribution is 2.59. The molecule has 2 bridgehead atoms. The fraction of sp³-hybridized carbons (Fsp3) is 0.444. The predicted octanol–water partition coefficient (Wildman–Crippen LogP) is 2.82. The third-order valence-corrected chi connectivity index (χ3v) is 7.92. The lowest BCUT2D eigenvalue weighted by Gasteiger charge is -2.36. The number of para-hydroxylation sites is 1. The van der Waals surface area contributed by atoms with E-state index in [0.29, 0.717) is 30.0 Å². The summed E-state index contributed by atoms with van der Waals surface area (Å²) in [5, 5.41) is 13.6. The molecule has 2 N–H and O–H groups in total. The molecule has 1 spiro atoms. The molecule has 9 heteroatoms. The number of likely N-dealkylation sites (tertiary alicyclic amines) is 1. The molecule has 2 aromatic carbocycles. The molecule has 3 fully saturated rings. The van der Waals surface area contributed by atoms with Crippen LogP contribution >= 0.6 is 11.6 Å². The molecule has 3 aliphatic heterocycles. The van der Waals surface area contributed by atoms with Crippen LogP contribution in [0.1, 0.15) is 25.3 Å². The third-order valence-electron chi connectivity index (χ3n) is 7.60. The van der Waals surface area contributed by atoms with Crippen molar-refractivity contribution in [2.24, 2.45) is 11.8 Å². The molecule has 0 aromatic heterocycles. The van der Waals surface area contributed by atoms with Crippen molar-refractivity contribution in [3.8, 4) is 0 Å². The maximum Gasteiger partial charge on any atom is 0.312 e. The van der Waals surface area contributed by atoms with E-state index in [0.717, 1.165) is 5.56 Å². The second kappa shape index (κ2) is 9.84. The zero-order valence-electron chi connectivity index (χ0n) is 19.9. The number of anilines is 1. The van der Waals surface area contributed by atoms with E-state index in [2.05, 4.69) is 5.32 Å². The summed E-state index contributed by atoms with van der Waals surface area (Å²) in [7, 11) is 0. The van der Waals surface area contributed by atoms with Gasteiger partial charge in [0.25, 0.3) is 0 Å². The summed E-state index contributed by atoms with van der Waals surface area (Å²) in [5.74, 6) is -2.97. The summed E-state index contributed by atoms with van der Waals surface area (Å²) in [6, 6.07) is 14.6. The Hall–Kier alpha value is -2.94. The molecule has 3 heterocycles. The van der Waals surface area contributed by atoms with Gasteiger partial charge in [-0.3, -0.25) is 14.4 Å². The van der Waals surface area contributed by atoms with E-state index in [-0.39, 0.29) is 19.1 Å². The third kappa shape index (κ3) is 3.97. The van der Waals surface area contributed by atoms with Gasteiger partial charge in [-0.15, -0.1) is 0 Å². The van der Waals surface area contributed by atoms with Gasteiger partial charge in [-0.1, -0.05) is 54.1 Å². The zero-order chi connectivity index (χ0) is 25.4. The molecular weight excluding hydrogens is 484 g/mol. The number of benzene rings is 2. The molecule has 0 saturated carbocycles. The number of amides is 2. The molecule has 2 unspecified atom stereocenters. The van der Waals surface area contributed by atoms with Gasteiger partial charge in [-0.05, 0) is 43.9 Å². The Morgan fingerprint density at radius 1 is 1.22 bits per heavy atom. The lowest BCUT2D eigenvalue weighted by molar-refractivity contribution is -0.155. The van der Waals surface area contributed by atoms with E-state index >= 15 is 0 Å². The quantitative estimate of drug-likeness (QED) is 0.527. The number of rotatable bonds is 8. The van der Waals surface area contributed by atoms with Crippen molar-refractivity contribution >= 4 is 35.1 Å². The first-order valence-corrected chi connectivity index (χ1v) is 12.7. The minimum Gasteiger partial charge on any atom is -0.466 e. The number of halogens is 1. The van der Waals surface area contributed by atoms with E-state index < -0.39 is 47.5 Å². The normalized spacial score (nSPS) is 29.2. The van der Waals surface area contributed by atoms with Gasteiger partial charge >= 0.3 is 5.97 Å². The second-order valence-corrected chi connectivity index (χ2v) is 9.96. The average molecular weight is 513 g/mol. The smallest absolute Gasteiger partial charge is 0.312 e. The van der Waals surface area contributed by atoms with Crippen LogP contribution < -0.4 is 5.32 Å². The molecule has 3 aliphatic rings. The van der Waals surface area contributed by atoms with Crippen molar-refractivity contribution in [3.63, 3.8) is 0 Å². The van der Waals surface area contributed by atoms with E-state index in [4.69, 9.17) is 21.1 Å². The topological polar surface area (TPSA) is 105 Å². The molecule has 3 saturated heterocycles. The van der Waals surface area contributed by atoms with Gasteiger partial charge in [0, 0.05) is 0 Å². The van der Waals surface area contributed by atoms with Crippen molar-refractivity contribution < 1.29 is 29.0 Å². The second-order valence-electron chi connectivity index (χ2n) is 9.55. The summed E-state index contributed by atoms with van der Waals surface area (Å²) in [6.45, 7) is 1.54. The van der Waals surface area contributed by atoms with Crippen molar-refractivity contribution in [2.75, 3.05) is 18.5 Å². The van der Waals surface area contributed by atoms with E-state index in [9.17, 15) is 19.5 Å². The number of fused-ring (bicyclic) bond motifs is 1. The number of esters is 1. The molecular formula is C27H29ClN2O6. The van der Waals surface area contributed by atoms with Crippen LogP contribution in [-0.2, 0) is 30.3 Å². The fourth-order valence-electron chi connectivity index (χ4n) is 6.19. The highest BCUT2D eigenvalue weighted by Gasteiger charge is 2.75. The number of ether oxygens (including phenoxy) is 2. The van der Waals surface area contributed by atoms with E-state index in [1.54, 1.807) is 31.2 Å². The molecule has 2 amide bonds. The van der Waals surface area contributed by atoms with Crippen LogP contribution in [0.3, 0.4) is 0 Å². The Labute approximate surface area is 214 Å². The van der Waals surface area contributed by atoms with Gasteiger partial charge < -0.3 is 24.8 Å². The number of nitrogens with zero attached hydrogens (tertiary/aromatic N) is 1. The maximum absolute atomic E-state index is 14.0. The number of hydrogen-bond acceptors (Lipinski definition) is 6. The molecule has 6 atom stereocenters. The molecule has 0 aliphatic carbocycles. The van der Waals surface area contributed by atoms with Gasteiger partial charge in [-0.2, -0.15) is 0 Å². The number of nitrogens with one attached hydrogen (secondary N) is 1. The summed E-state index contributed by atoms with van der Waals surface area (Å²) in [5.41, 5.74) is 0.139. The number of carbonyl (C=O) groups excluding carboxylic acids is 3. The fourth-order valence-corrected chi connectivity index (χ4v) is 6.37. The Balaban J connectivity index is 1.55. The van der Waals surface area contributed by atoms with Gasteiger partial charge in [0.05, 0.1) is 47.9 Å². The van der Waals surface area contributed by atoms with Crippen LogP contribution in [0.2, 0.25) is 5.02 Å². The number of aliphatic hydroxyl groups is 1. The van der Waals surface area contributed by atoms with Crippen molar-refractivity contribution in [1.29, 1.82) is 0 Å². The van der Waals surface area contributed by atoms with Crippen LogP contribution in [0.15, 0.2) is 54.6 Å². The molecule has 2 aromatic rings. The van der Waals surface area contributed by atoms with Crippen LogP contribution in [0.4, 0.5) is 5.69 Å². The first-order valence-electron chi connectivity index (χ1n) is 12.3. The predicted molar refractivity (Wildman–Crippen MR) is 132 cm³/mol. The van der Waals surface area contributed by atoms with Gasteiger partial charge in [0.15, 0.2) is 0 Å². The highest BCUT2D eigenvalue weighted by atomic mass is 35.5. The number of carbonyl (C=O) groups is 3. The number of aliphatic hydroxyl groups excluding tert-OH is 1. The standard InChI is InChI=1S/C27H29ClN2O6/c1-2-35-26(34)21-20-12-13-27(36-20)22(21)25(33)30(17(15-31)14-16-8-4-3-5-9-16)23(27)24(32)29-19-11-7-6-10-18(19)28/h3-11,17,20-23,31H,2,12-15H2,1H3,(H,29,32)/t17-,20+,21-,22+,23?,27?/m1/s1. The molecule has 190 valence electrons. The van der Waals surface area contributed by atoms with Crippen LogP contribution in [0.25, 0.3) is 0 Å². The largest absolute Gasteiger partial charge is 0.466 e. The Morgan fingerprint density at radius 3 is 2.64 bits per heavy atom. The summed E-state index contributed by atoms with van der Waals surface area (Å²) < 4.78 is 11.7. The maximum atomic E-state index is 14.0. The SMILES string of the molecule is CCOC(=O)[C@@H]1[C@@H]2CCC3(O2)C(C(=O)Nc2ccccc2Cl)N([C@@H](CO)Cc2ccccc2)C(=O)[C@H]13. The zero-order valence-corrected chi connectivity index (χ0v) is 20.7. The van der Waals surface area contributed by atoms with Gasteiger partial charge in [0.2, 0.25) is 11.8 Å². The van der Waals surface area contributed by atoms with E-state index in [1.807, 2.05) is 30.3 Å². The van der Waals surface area contributed by atoms with Crippen molar-refractivity contribution in [2.45, 2.75) is 50.0 Å². The first kappa shape index (κ1) is 24.7. The summed E-state index contributed by atoms with van der Waals surface area (Å²) in [6.07, 6.45) is 0.844. The minimum absolute atomic E-state index is 0.184.